The van der Waals surface area contributed by atoms with E-state index < -0.39 is 5.60 Å². The fourth-order valence-corrected chi connectivity index (χ4v) is 2.12. The van der Waals surface area contributed by atoms with Gasteiger partial charge in [0.15, 0.2) is 0 Å². The molecule has 1 atom stereocenters. The highest BCUT2D eigenvalue weighted by atomic mass is 16.3. The first-order chi connectivity index (χ1) is 7.41. The summed E-state index contributed by atoms with van der Waals surface area (Å²) in [5.41, 5.74) is 0.556. The summed E-state index contributed by atoms with van der Waals surface area (Å²) >= 11 is 0. The van der Waals surface area contributed by atoms with Crippen molar-refractivity contribution in [3.05, 3.63) is 35.9 Å². The molecule has 0 saturated carbocycles. The van der Waals surface area contributed by atoms with Gasteiger partial charge in [-0.2, -0.15) is 0 Å². The van der Waals surface area contributed by atoms with Crippen LogP contribution in [-0.4, -0.2) is 16.7 Å². The van der Waals surface area contributed by atoms with Crippen molar-refractivity contribution < 1.29 is 5.11 Å². The summed E-state index contributed by atoms with van der Waals surface area (Å²) in [6, 6.07) is 10.4. The van der Waals surface area contributed by atoms with Gasteiger partial charge in [0, 0.05) is 12.6 Å². The molecule has 0 heterocycles. The van der Waals surface area contributed by atoms with Crippen LogP contribution >= 0.6 is 0 Å². The fraction of sp³-hybridized carbons (Fsp3) is 0.571. The van der Waals surface area contributed by atoms with E-state index in [9.17, 15) is 5.11 Å². The number of benzene rings is 1. The zero-order valence-corrected chi connectivity index (χ0v) is 10.7. The summed E-state index contributed by atoms with van der Waals surface area (Å²) in [6.45, 7) is 8.76. The molecule has 2 heteroatoms. The lowest BCUT2D eigenvalue weighted by atomic mass is 9.89. The van der Waals surface area contributed by atoms with Gasteiger partial charge in [0.1, 0.15) is 0 Å². The highest BCUT2D eigenvalue weighted by Gasteiger charge is 2.28. The molecule has 0 radical (unpaired) electrons. The van der Waals surface area contributed by atoms with E-state index in [4.69, 9.17) is 0 Å². The molecular weight excluding hydrogens is 198 g/mol. The molecule has 2 N–H and O–H groups in total. The van der Waals surface area contributed by atoms with E-state index in [2.05, 4.69) is 31.3 Å². The first-order valence-electron chi connectivity index (χ1n) is 5.91. The number of hydrogen-bond acceptors (Lipinski definition) is 2. The summed E-state index contributed by atoms with van der Waals surface area (Å²) in [5, 5.41) is 13.5. The predicted octanol–water partition coefficient (Wildman–Crippen LogP) is 2.57. The highest BCUT2D eigenvalue weighted by Crippen LogP contribution is 2.17. The average Bonchev–Trinajstić information content (AvgIpc) is 2.17. The number of aliphatic hydroxyl groups is 1. The number of nitrogens with one attached hydrogen (secondary N) is 1. The van der Waals surface area contributed by atoms with E-state index in [1.807, 2.05) is 32.0 Å². The second-order valence-electron chi connectivity index (χ2n) is 5.24. The molecule has 1 aromatic rings. The highest BCUT2D eigenvalue weighted by molar-refractivity contribution is 5.14. The monoisotopic (exact) mass is 221 g/mol. The Balaban J connectivity index is 2.58. The predicted molar refractivity (Wildman–Crippen MR) is 68.2 cm³/mol. The largest absolute Gasteiger partial charge is 0.389 e. The third-order valence-electron chi connectivity index (χ3n) is 2.80. The molecule has 0 bridgehead atoms. The third kappa shape index (κ3) is 3.95. The smallest absolute Gasteiger partial charge is 0.0746 e. The maximum absolute atomic E-state index is 10.1. The standard InChI is InChI=1S/C14H23NO/c1-11(2)13(14(3,4)16)15-10-12-8-6-5-7-9-12/h5-9,11,13,15-16H,10H2,1-4H3/t13-/m0/s1. The van der Waals surface area contributed by atoms with Crippen LogP contribution in [0.3, 0.4) is 0 Å². The van der Waals surface area contributed by atoms with Crippen molar-refractivity contribution in [3.63, 3.8) is 0 Å². The molecule has 1 rings (SSSR count). The zero-order chi connectivity index (χ0) is 12.2. The van der Waals surface area contributed by atoms with Crippen LogP contribution in [-0.2, 0) is 6.54 Å². The van der Waals surface area contributed by atoms with E-state index >= 15 is 0 Å². The molecule has 90 valence electrons. The molecule has 0 aliphatic rings. The normalized spacial score (nSPS) is 14.1. The number of hydrogen-bond donors (Lipinski definition) is 2. The van der Waals surface area contributed by atoms with Crippen molar-refractivity contribution in [1.82, 2.24) is 5.32 Å². The number of rotatable bonds is 5. The second-order valence-corrected chi connectivity index (χ2v) is 5.24. The molecule has 0 saturated heterocycles. The van der Waals surface area contributed by atoms with Gasteiger partial charge in [-0.1, -0.05) is 44.2 Å². The Kier molecular flexibility index (Phi) is 4.51. The summed E-state index contributed by atoms with van der Waals surface area (Å²) < 4.78 is 0. The minimum absolute atomic E-state index is 0.104. The topological polar surface area (TPSA) is 32.3 Å². The molecule has 0 spiro atoms. The van der Waals surface area contributed by atoms with Crippen molar-refractivity contribution in [2.45, 2.75) is 45.9 Å². The average molecular weight is 221 g/mol. The molecule has 0 fully saturated rings. The molecule has 0 unspecified atom stereocenters. The van der Waals surface area contributed by atoms with E-state index in [1.54, 1.807) is 0 Å². The van der Waals surface area contributed by atoms with Gasteiger partial charge in [0.2, 0.25) is 0 Å². The second kappa shape index (κ2) is 5.46. The van der Waals surface area contributed by atoms with E-state index in [1.165, 1.54) is 5.56 Å². The molecular formula is C14H23NO. The minimum atomic E-state index is -0.692. The Bertz CT molecular complexity index is 300. The molecule has 0 amide bonds. The van der Waals surface area contributed by atoms with Crippen molar-refractivity contribution in [1.29, 1.82) is 0 Å². The van der Waals surface area contributed by atoms with Gasteiger partial charge in [0.05, 0.1) is 5.60 Å². The van der Waals surface area contributed by atoms with Crippen LogP contribution in [0.5, 0.6) is 0 Å². The zero-order valence-electron chi connectivity index (χ0n) is 10.7. The Morgan fingerprint density at radius 3 is 2.19 bits per heavy atom. The lowest BCUT2D eigenvalue weighted by Crippen LogP contribution is -2.49. The van der Waals surface area contributed by atoms with E-state index in [-0.39, 0.29) is 6.04 Å². The Labute approximate surface area is 98.7 Å². The SMILES string of the molecule is CC(C)[C@H](NCc1ccccc1)C(C)(C)O. The van der Waals surface area contributed by atoms with Gasteiger partial charge in [-0.05, 0) is 25.3 Å². The molecule has 0 aliphatic carbocycles. The van der Waals surface area contributed by atoms with Crippen LogP contribution in [0, 0.1) is 5.92 Å². The summed E-state index contributed by atoms with van der Waals surface area (Å²) in [4.78, 5) is 0. The van der Waals surface area contributed by atoms with Crippen molar-refractivity contribution in [3.8, 4) is 0 Å². The Morgan fingerprint density at radius 1 is 1.19 bits per heavy atom. The van der Waals surface area contributed by atoms with E-state index in [0.29, 0.717) is 5.92 Å². The molecule has 16 heavy (non-hydrogen) atoms. The molecule has 0 aromatic heterocycles. The Hall–Kier alpha value is -0.860. The maximum Gasteiger partial charge on any atom is 0.0746 e. The van der Waals surface area contributed by atoms with Gasteiger partial charge < -0.3 is 10.4 Å². The van der Waals surface area contributed by atoms with Gasteiger partial charge in [-0.3, -0.25) is 0 Å². The maximum atomic E-state index is 10.1. The van der Waals surface area contributed by atoms with Crippen LogP contribution in [0.15, 0.2) is 30.3 Å². The lowest BCUT2D eigenvalue weighted by molar-refractivity contribution is 0.0195. The fourth-order valence-electron chi connectivity index (χ4n) is 2.12. The lowest BCUT2D eigenvalue weighted by Gasteiger charge is -2.33. The summed E-state index contributed by atoms with van der Waals surface area (Å²) in [5.74, 6) is 0.406. The van der Waals surface area contributed by atoms with Crippen molar-refractivity contribution >= 4 is 0 Å². The molecule has 1 aromatic carbocycles. The molecule has 0 aliphatic heterocycles. The quantitative estimate of drug-likeness (QED) is 0.801. The van der Waals surface area contributed by atoms with Crippen LogP contribution in [0.25, 0.3) is 0 Å². The summed E-state index contributed by atoms with van der Waals surface area (Å²) in [7, 11) is 0. The van der Waals surface area contributed by atoms with Crippen molar-refractivity contribution in [2.75, 3.05) is 0 Å². The first kappa shape index (κ1) is 13.2. The first-order valence-corrected chi connectivity index (χ1v) is 5.91. The van der Waals surface area contributed by atoms with Gasteiger partial charge >= 0.3 is 0 Å². The van der Waals surface area contributed by atoms with Gasteiger partial charge in [-0.15, -0.1) is 0 Å². The van der Waals surface area contributed by atoms with Gasteiger partial charge in [0.25, 0.3) is 0 Å². The Morgan fingerprint density at radius 2 is 1.75 bits per heavy atom. The van der Waals surface area contributed by atoms with Crippen LogP contribution in [0.4, 0.5) is 0 Å². The minimum Gasteiger partial charge on any atom is -0.389 e. The van der Waals surface area contributed by atoms with E-state index in [0.717, 1.165) is 6.54 Å². The van der Waals surface area contributed by atoms with Crippen LogP contribution in [0.1, 0.15) is 33.3 Å². The van der Waals surface area contributed by atoms with Gasteiger partial charge in [-0.25, -0.2) is 0 Å². The third-order valence-corrected chi connectivity index (χ3v) is 2.80. The summed E-state index contributed by atoms with van der Waals surface area (Å²) in [6.07, 6.45) is 0. The van der Waals surface area contributed by atoms with Crippen LogP contribution in [0.2, 0.25) is 0 Å². The molecule has 2 nitrogen and oxygen atoms in total. The van der Waals surface area contributed by atoms with Crippen LogP contribution < -0.4 is 5.32 Å². The van der Waals surface area contributed by atoms with Crippen molar-refractivity contribution in [2.24, 2.45) is 5.92 Å².